The Labute approximate surface area is 116 Å². The highest BCUT2D eigenvalue weighted by Crippen LogP contribution is 2.28. The van der Waals surface area contributed by atoms with Gasteiger partial charge in [-0.05, 0) is 44.9 Å². The number of fused-ring (bicyclic) bond motifs is 1. The van der Waals surface area contributed by atoms with Crippen LogP contribution in [0.3, 0.4) is 0 Å². The monoisotopic (exact) mass is 279 g/mol. The summed E-state index contributed by atoms with van der Waals surface area (Å²) in [5, 5.41) is 10.2. The molecule has 1 aromatic carbocycles. The van der Waals surface area contributed by atoms with Gasteiger partial charge in [-0.15, -0.1) is 11.3 Å². The number of aromatic nitrogens is 1. The van der Waals surface area contributed by atoms with Gasteiger partial charge in [0.15, 0.2) is 5.60 Å². The van der Waals surface area contributed by atoms with Crippen LogP contribution in [0.1, 0.15) is 32.2 Å². The Morgan fingerprint density at radius 2 is 2.21 bits per heavy atom. The number of rotatable bonds is 5. The van der Waals surface area contributed by atoms with Crippen LogP contribution in [0.15, 0.2) is 18.2 Å². The molecule has 0 aliphatic rings. The third-order valence-corrected chi connectivity index (χ3v) is 3.83. The van der Waals surface area contributed by atoms with Gasteiger partial charge in [0.1, 0.15) is 5.75 Å². The third-order valence-electron chi connectivity index (χ3n) is 2.76. The van der Waals surface area contributed by atoms with Gasteiger partial charge in [0, 0.05) is 0 Å². The molecule has 0 fully saturated rings. The molecule has 0 spiro atoms. The maximum atomic E-state index is 11.0. The number of benzene rings is 1. The Balaban J connectivity index is 2.28. The SMILES string of the molecule is CCCc1nc2ccc(OC(C)(C)C(=O)O)cc2s1. The van der Waals surface area contributed by atoms with Gasteiger partial charge in [0.2, 0.25) is 0 Å². The lowest BCUT2D eigenvalue weighted by atomic mass is 10.1. The van der Waals surface area contributed by atoms with E-state index in [1.807, 2.05) is 12.1 Å². The Bertz CT molecular complexity index is 604. The van der Waals surface area contributed by atoms with E-state index in [1.54, 1.807) is 17.4 Å². The third kappa shape index (κ3) is 3.04. The summed E-state index contributed by atoms with van der Waals surface area (Å²) in [5.41, 5.74) is -0.293. The first-order valence-corrected chi connectivity index (χ1v) is 7.06. The number of nitrogens with zero attached hydrogens (tertiary/aromatic N) is 1. The largest absolute Gasteiger partial charge is 0.478 e. The van der Waals surface area contributed by atoms with Gasteiger partial charge < -0.3 is 9.84 Å². The standard InChI is InChI=1S/C14H17NO3S/c1-4-5-12-15-10-7-6-9(8-11(10)19-12)18-14(2,3)13(16)17/h6-8H,4-5H2,1-3H3,(H,16,17). The minimum Gasteiger partial charge on any atom is -0.478 e. The summed E-state index contributed by atoms with van der Waals surface area (Å²) in [4.78, 5) is 15.6. The van der Waals surface area contributed by atoms with Crippen LogP contribution < -0.4 is 4.74 Å². The van der Waals surface area contributed by atoms with E-state index >= 15 is 0 Å². The molecular weight excluding hydrogens is 262 g/mol. The molecule has 0 amide bonds. The fourth-order valence-corrected chi connectivity index (χ4v) is 2.77. The van der Waals surface area contributed by atoms with Crippen molar-refractivity contribution in [2.75, 3.05) is 0 Å². The summed E-state index contributed by atoms with van der Waals surface area (Å²) < 4.78 is 6.55. The second-order valence-corrected chi connectivity index (χ2v) is 6.02. The van der Waals surface area contributed by atoms with Crippen LogP contribution in [-0.2, 0) is 11.2 Å². The van der Waals surface area contributed by atoms with Crippen molar-refractivity contribution in [1.29, 1.82) is 0 Å². The van der Waals surface area contributed by atoms with Gasteiger partial charge >= 0.3 is 5.97 Å². The van der Waals surface area contributed by atoms with Crippen molar-refractivity contribution in [2.45, 2.75) is 39.2 Å². The molecule has 2 rings (SSSR count). The summed E-state index contributed by atoms with van der Waals surface area (Å²) >= 11 is 1.63. The molecule has 102 valence electrons. The molecule has 1 heterocycles. The van der Waals surface area contributed by atoms with E-state index in [4.69, 9.17) is 9.84 Å². The molecular formula is C14H17NO3S. The Morgan fingerprint density at radius 1 is 1.47 bits per heavy atom. The van der Waals surface area contributed by atoms with Crippen LogP contribution in [-0.4, -0.2) is 21.7 Å². The predicted octanol–water partition coefficient (Wildman–Crippen LogP) is 3.49. The molecule has 0 radical (unpaired) electrons. The van der Waals surface area contributed by atoms with Gasteiger partial charge in [-0.2, -0.15) is 0 Å². The maximum Gasteiger partial charge on any atom is 0.347 e. The number of hydrogen-bond donors (Lipinski definition) is 1. The number of aryl methyl sites for hydroxylation is 1. The fourth-order valence-electron chi connectivity index (χ4n) is 1.68. The van der Waals surface area contributed by atoms with Crippen molar-refractivity contribution in [2.24, 2.45) is 0 Å². The second kappa shape index (κ2) is 5.17. The number of carboxylic acids is 1. The molecule has 5 heteroatoms. The molecule has 0 aliphatic carbocycles. The second-order valence-electron chi connectivity index (χ2n) is 4.90. The molecule has 1 N–H and O–H groups in total. The maximum absolute atomic E-state index is 11.0. The highest BCUT2D eigenvalue weighted by atomic mass is 32.1. The summed E-state index contributed by atoms with van der Waals surface area (Å²) in [5.74, 6) is -0.421. The summed E-state index contributed by atoms with van der Waals surface area (Å²) in [7, 11) is 0. The Morgan fingerprint density at radius 3 is 2.84 bits per heavy atom. The van der Waals surface area contributed by atoms with E-state index in [0.29, 0.717) is 5.75 Å². The van der Waals surface area contributed by atoms with Gasteiger partial charge in [-0.3, -0.25) is 0 Å². The molecule has 2 aromatic rings. The fraction of sp³-hybridized carbons (Fsp3) is 0.429. The lowest BCUT2D eigenvalue weighted by Gasteiger charge is -2.21. The van der Waals surface area contributed by atoms with E-state index < -0.39 is 11.6 Å². The lowest BCUT2D eigenvalue weighted by Crippen LogP contribution is -2.37. The first-order chi connectivity index (χ1) is 8.92. The van der Waals surface area contributed by atoms with Crippen LogP contribution in [0.5, 0.6) is 5.75 Å². The number of hydrogen-bond acceptors (Lipinski definition) is 4. The summed E-state index contributed by atoms with van der Waals surface area (Å²) in [6, 6.07) is 5.50. The first kappa shape index (κ1) is 13.8. The van der Waals surface area contributed by atoms with E-state index in [0.717, 1.165) is 28.1 Å². The van der Waals surface area contributed by atoms with Crippen molar-refractivity contribution in [3.63, 3.8) is 0 Å². The molecule has 4 nitrogen and oxygen atoms in total. The van der Waals surface area contributed by atoms with Crippen molar-refractivity contribution in [3.05, 3.63) is 23.2 Å². The first-order valence-electron chi connectivity index (χ1n) is 6.24. The Hall–Kier alpha value is -1.62. The molecule has 1 aromatic heterocycles. The molecule has 0 saturated carbocycles. The zero-order valence-electron chi connectivity index (χ0n) is 11.3. The van der Waals surface area contributed by atoms with Crippen molar-refractivity contribution in [1.82, 2.24) is 4.98 Å². The minimum absolute atomic E-state index is 0.562. The molecule has 19 heavy (non-hydrogen) atoms. The highest BCUT2D eigenvalue weighted by Gasteiger charge is 2.29. The average Bonchev–Trinajstić information content (AvgIpc) is 2.70. The van der Waals surface area contributed by atoms with Crippen LogP contribution >= 0.6 is 11.3 Å². The van der Waals surface area contributed by atoms with Crippen molar-refractivity contribution < 1.29 is 14.6 Å². The van der Waals surface area contributed by atoms with E-state index in [-0.39, 0.29) is 0 Å². The normalized spacial score (nSPS) is 11.7. The topological polar surface area (TPSA) is 59.4 Å². The quantitative estimate of drug-likeness (QED) is 0.910. The zero-order valence-corrected chi connectivity index (χ0v) is 12.1. The van der Waals surface area contributed by atoms with Gasteiger partial charge in [0.05, 0.1) is 15.2 Å². The van der Waals surface area contributed by atoms with Crippen LogP contribution in [0.4, 0.5) is 0 Å². The smallest absolute Gasteiger partial charge is 0.347 e. The summed E-state index contributed by atoms with van der Waals surface area (Å²) in [6.07, 6.45) is 2.03. The van der Waals surface area contributed by atoms with Gasteiger partial charge in [-0.1, -0.05) is 6.92 Å². The highest BCUT2D eigenvalue weighted by molar-refractivity contribution is 7.18. The zero-order chi connectivity index (χ0) is 14.0. The Kier molecular flexibility index (Phi) is 3.75. The molecule has 0 unspecified atom stereocenters. The van der Waals surface area contributed by atoms with Crippen LogP contribution in [0.2, 0.25) is 0 Å². The van der Waals surface area contributed by atoms with Gasteiger partial charge in [-0.25, -0.2) is 9.78 Å². The average molecular weight is 279 g/mol. The van der Waals surface area contributed by atoms with E-state index in [2.05, 4.69) is 11.9 Å². The van der Waals surface area contributed by atoms with Crippen molar-refractivity contribution in [3.8, 4) is 5.75 Å². The number of carbonyl (C=O) groups is 1. The number of carboxylic acid groups (broad SMARTS) is 1. The van der Waals surface area contributed by atoms with Crippen molar-refractivity contribution >= 4 is 27.5 Å². The molecule has 0 aliphatic heterocycles. The number of ether oxygens (including phenoxy) is 1. The van der Waals surface area contributed by atoms with Crippen LogP contribution in [0.25, 0.3) is 10.2 Å². The minimum atomic E-state index is -1.23. The van der Waals surface area contributed by atoms with Crippen LogP contribution in [0, 0.1) is 0 Å². The molecule has 0 bridgehead atoms. The predicted molar refractivity (Wildman–Crippen MR) is 76.0 cm³/mol. The molecule has 0 atom stereocenters. The number of aliphatic carboxylic acids is 1. The molecule has 0 saturated heterocycles. The lowest BCUT2D eigenvalue weighted by molar-refractivity contribution is -0.152. The number of thiazole rings is 1. The van der Waals surface area contributed by atoms with E-state index in [1.165, 1.54) is 13.8 Å². The van der Waals surface area contributed by atoms with Gasteiger partial charge in [0.25, 0.3) is 0 Å². The van der Waals surface area contributed by atoms with E-state index in [9.17, 15) is 4.79 Å². The summed E-state index contributed by atoms with van der Waals surface area (Å²) in [6.45, 7) is 5.19.